The maximum Gasteiger partial charge on any atom is 0.338 e. The van der Waals surface area contributed by atoms with Crippen LogP contribution >= 0.6 is 22.6 Å². The molecule has 0 aliphatic carbocycles. The second-order valence-electron chi connectivity index (χ2n) is 2.72. The molecule has 0 atom stereocenters. The van der Waals surface area contributed by atoms with E-state index in [-0.39, 0.29) is 5.97 Å². The second-order valence-corrected chi connectivity index (χ2v) is 3.97. The summed E-state index contributed by atoms with van der Waals surface area (Å²) in [6.07, 6.45) is 2.41. The van der Waals surface area contributed by atoms with E-state index in [1.54, 1.807) is 18.2 Å². The fourth-order valence-electron chi connectivity index (χ4n) is 0.904. The van der Waals surface area contributed by atoms with Crippen LogP contribution in [0.4, 0.5) is 0 Å². The molecule has 0 spiro atoms. The highest BCUT2D eigenvalue weighted by atomic mass is 127. The number of ether oxygens (including phenoxy) is 1. The van der Waals surface area contributed by atoms with Gasteiger partial charge in [-0.15, -0.1) is 6.58 Å². The molecule has 0 radical (unpaired) electrons. The maximum absolute atomic E-state index is 11.4. The Hall–Kier alpha value is -0.840. The van der Waals surface area contributed by atoms with Crippen molar-refractivity contribution in [3.05, 3.63) is 46.1 Å². The van der Waals surface area contributed by atoms with E-state index < -0.39 is 0 Å². The first-order valence-electron chi connectivity index (χ1n) is 4.27. The number of rotatable bonds is 4. The monoisotopic (exact) mass is 302 g/mol. The van der Waals surface area contributed by atoms with E-state index in [1.165, 1.54) is 0 Å². The molecule has 1 aromatic rings. The summed E-state index contributed by atoms with van der Waals surface area (Å²) in [5.74, 6) is -0.275. The third-order valence-corrected chi connectivity index (χ3v) is 2.35. The zero-order valence-corrected chi connectivity index (χ0v) is 9.86. The Labute approximate surface area is 97.1 Å². The van der Waals surface area contributed by atoms with E-state index in [1.807, 2.05) is 12.1 Å². The van der Waals surface area contributed by atoms with E-state index >= 15 is 0 Å². The molecule has 0 aromatic heterocycles. The van der Waals surface area contributed by atoms with Gasteiger partial charge in [0.05, 0.1) is 12.2 Å². The van der Waals surface area contributed by atoms with Crippen LogP contribution in [0, 0.1) is 3.57 Å². The minimum Gasteiger partial charge on any atom is -0.462 e. The molecule has 0 saturated heterocycles. The minimum absolute atomic E-state index is 0.275. The number of halogens is 1. The van der Waals surface area contributed by atoms with Crippen molar-refractivity contribution in [1.82, 2.24) is 0 Å². The number of esters is 1. The van der Waals surface area contributed by atoms with Crippen LogP contribution in [-0.4, -0.2) is 12.6 Å². The van der Waals surface area contributed by atoms with Crippen molar-refractivity contribution in [3.8, 4) is 0 Å². The van der Waals surface area contributed by atoms with Crippen LogP contribution < -0.4 is 0 Å². The molecule has 0 amide bonds. The standard InChI is InChI=1S/C11H11IO2/c1-2-3-8-14-11(13)9-4-6-10(12)7-5-9/h2,4-7H,1,3,8H2. The van der Waals surface area contributed by atoms with Gasteiger partial charge in [0.1, 0.15) is 0 Å². The van der Waals surface area contributed by atoms with Gasteiger partial charge in [0, 0.05) is 3.57 Å². The average Bonchev–Trinajstić information content (AvgIpc) is 2.19. The molecule has 0 heterocycles. The lowest BCUT2D eigenvalue weighted by Crippen LogP contribution is -2.05. The van der Waals surface area contributed by atoms with Crippen molar-refractivity contribution in [3.63, 3.8) is 0 Å². The molecule has 3 heteroatoms. The van der Waals surface area contributed by atoms with E-state index in [9.17, 15) is 4.79 Å². The smallest absolute Gasteiger partial charge is 0.338 e. The Balaban J connectivity index is 2.52. The Morgan fingerprint density at radius 3 is 2.64 bits per heavy atom. The molecule has 0 fully saturated rings. The zero-order chi connectivity index (χ0) is 10.4. The van der Waals surface area contributed by atoms with Crippen LogP contribution in [0.25, 0.3) is 0 Å². The third kappa shape index (κ3) is 3.49. The molecule has 74 valence electrons. The lowest BCUT2D eigenvalue weighted by Gasteiger charge is -2.02. The molecule has 0 saturated carbocycles. The molecule has 2 nitrogen and oxygen atoms in total. The van der Waals surface area contributed by atoms with E-state index in [4.69, 9.17) is 4.74 Å². The summed E-state index contributed by atoms with van der Waals surface area (Å²) in [4.78, 5) is 11.4. The first-order valence-corrected chi connectivity index (χ1v) is 5.35. The van der Waals surface area contributed by atoms with E-state index in [0.29, 0.717) is 18.6 Å². The van der Waals surface area contributed by atoms with Gasteiger partial charge in [-0.1, -0.05) is 6.08 Å². The van der Waals surface area contributed by atoms with Crippen LogP contribution in [0.5, 0.6) is 0 Å². The van der Waals surface area contributed by atoms with Gasteiger partial charge in [-0.3, -0.25) is 0 Å². The predicted molar refractivity (Wildman–Crippen MR) is 64.3 cm³/mol. The van der Waals surface area contributed by atoms with Crippen molar-refractivity contribution in [1.29, 1.82) is 0 Å². The summed E-state index contributed by atoms with van der Waals surface area (Å²) in [5, 5.41) is 0. The topological polar surface area (TPSA) is 26.3 Å². The lowest BCUT2D eigenvalue weighted by atomic mass is 10.2. The Morgan fingerprint density at radius 1 is 1.43 bits per heavy atom. The number of hydrogen-bond donors (Lipinski definition) is 0. The molecule has 0 bridgehead atoms. The van der Waals surface area contributed by atoms with Gasteiger partial charge in [-0.25, -0.2) is 4.79 Å². The Bertz CT molecular complexity index is 317. The highest BCUT2D eigenvalue weighted by Gasteiger charge is 2.04. The van der Waals surface area contributed by atoms with E-state index in [0.717, 1.165) is 3.57 Å². The SMILES string of the molecule is C=CCCOC(=O)c1ccc(I)cc1. The summed E-state index contributed by atoms with van der Waals surface area (Å²) >= 11 is 2.19. The summed E-state index contributed by atoms with van der Waals surface area (Å²) in [6, 6.07) is 7.28. The molecular formula is C11H11IO2. The highest BCUT2D eigenvalue weighted by Crippen LogP contribution is 2.07. The molecular weight excluding hydrogens is 291 g/mol. The molecule has 1 aromatic carbocycles. The van der Waals surface area contributed by atoms with Gasteiger partial charge in [0.2, 0.25) is 0 Å². The molecule has 1 rings (SSSR count). The quantitative estimate of drug-likeness (QED) is 0.370. The van der Waals surface area contributed by atoms with Gasteiger partial charge in [-0.2, -0.15) is 0 Å². The van der Waals surface area contributed by atoms with Crippen LogP contribution in [0.2, 0.25) is 0 Å². The van der Waals surface area contributed by atoms with Crippen molar-refractivity contribution in [2.45, 2.75) is 6.42 Å². The third-order valence-electron chi connectivity index (χ3n) is 1.64. The minimum atomic E-state index is -0.275. The molecule has 14 heavy (non-hydrogen) atoms. The summed E-state index contributed by atoms with van der Waals surface area (Å²) < 4.78 is 6.10. The molecule has 0 aliphatic rings. The van der Waals surface area contributed by atoms with Crippen LogP contribution in [0.15, 0.2) is 36.9 Å². The number of carbonyl (C=O) groups excluding carboxylic acids is 1. The first-order chi connectivity index (χ1) is 6.74. The van der Waals surface area contributed by atoms with Gasteiger partial charge >= 0.3 is 5.97 Å². The van der Waals surface area contributed by atoms with Crippen LogP contribution in [0.3, 0.4) is 0 Å². The van der Waals surface area contributed by atoms with Gasteiger partial charge in [-0.05, 0) is 53.3 Å². The summed E-state index contributed by atoms with van der Waals surface area (Å²) in [5.41, 5.74) is 0.592. The van der Waals surface area contributed by atoms with Crippen molar-refractivity contribution in [2.75, 3.05) is 6.61 Å². The highest BCUT2D eigenvalue weighted by molar-refractivity contribution is 14.1. The van der Waals surface area contributed by atoms with Gasteiger partial charge < -0.3 is 4.74 Å². The Kier molecular flexibility index (Phi) is 4.65. The van der Waals surface area contributed by atoms with Crippen molar-refractivity contribution < 1.29 is 9.53 Å². The normalized spacial score (nSPS) is 9.50. The molecule has 0 unspecified atom stereocenters. The maximum atomic E-state index is 11.4. The number of benzene rings is 1. The van der Waals surface area contributed by atoms with Gasteiger partial charge in [0.15, 0.2) is 0 Å². The summed E-state index contributed by atoms with van der Waals surface area (Å²) in [7, 11) is 0. The fraction of sp³-hybridized carbons (Fsp3) is 0.182. The van der Waals surface area contributed by atoms with E-state index in [2.05, 4.69) is 29.2 Å². The molecule has 0 N–H and O–H groups in total. The lowest BCUT2D eigenvalue weighted by molar-refractivity contribution is 0.0512. The average molecular weight is 302 g/mol. The predicted octanol–water partition coefficient (Wildman–Crippen LogP) is 3.02. The Morgan fingerprint density at radius 2 is 2.07 bits per heavy atom. The van der Waals surface area contributed by atoms with Gasteiger partial charge in [0.25, 0.3) is 0 Å². The number of hydrogen-bond acceptors (Lipinski definition) is 2. The van der Waals surface area contributed by atoms with Crippen molar-refractivity contribution >= 4 is 28.6 Å². The number of carbonyl (C=O) groups is 1. The largest absolute Gasteiger partial charge is 0.462 e. The second kappa shape index (κ2) is 5.80. The summed E-state index contributed by atoms with van der Waals surface area (Å²) in [6.45, 7) is 3.95. The fourth-order valence-corrected chi connectivity index (χ4v) is 1.26. The molecule has 0 aliphatic heterocycles. The van der Waals surface area contributed by atoms with Crippen molar-refractivity contribution in [2.24, 2.45) is 0 Å². The first kappa shape index (κ1) is 11.2. The van der Waals surface area contributed by atoms with Crippen LogP contribution in [0.1, 0.15) is 16.8 Å². The zero-order valence-electron chi connectivity index (χ0n) is 7.70. The van der Waals surface area contributed by atoms with Crippen LogP contribution in [-0.2, 0) is 4.74 Å².